The molecule has 0 spiro atoms. The fourth-order valence-corrected chi connectivity index (χ4v) is 4.34. The van der Waals surface area contributed by atoms with Crippen LogP contribution in [0.3, 0.4) is 0 Å². The summed E-state index contributed by atoms with van der Waals surface area (Å²) in [6.45, 7) is 5.72. The van der Waals surface area contributed by atoms with Crippen molar-refractivity contribution < 1.29 is 14.0 Å². The van der Waals surface area contributed by atoms with Crippen molar-refractivity contribution >= 4 is 17.5 Å². The van der Waals surface area contributed by atoms with Crippen LogP contribution in [0.25, 0.3) is 11.3 Å². The molecule has 1 aliphatic rings. The molecule has 1 unspecified atom stereocenters. The average Bonchev–Trinajstić information content (AvgIpc) is 3.06. The standard InChI is InChI=1S/C25H26FN3O2/c1-14(2)18-11-21-24(22(31)12-18)20(10-16-5-4-6-19(26)9-16)25(29-21)17-7-8-27-23(13-17)28-15(3)30/h4-9,13-14,18,29H,10-12H2,1-3H3,(H,27,28,30). The van der Waals surface area contributed by atoms with Crippen LogP contribution in [0.1, 0.15) is 54.4 Å². The molecule has 5 nitrogen and oxygen atoms in total. The lowest BCUT2D eigenvalue weighted by Crippen LogP contribution is -2.24. The number of carbonyl (C=O) groups is 2. The second-order valence-electron chi connectivity index (χ2n) is 8.59. The van der Waals surface area contributed by atoms with Crippen molar-refractivity contribution in [1.29, 1.82) is 0 Å². The largest absolute Gasteiger partial charge is 0.358 e. The van der Waals surface area contributed by atoms with Gasteiger partial charge in [-0.05, 0) is 53.6 Å². The van der Waals surface area contributed by atoms with E-state index in [9.17, 15) is 14.0 Å². The Bertz CT molecular complexity index is 1150. The topological polar surface area (TPSA) is 74.8 Å². The Hall–Kier alpha value is -3.28. The number of hydrogen-bond acceptors (Lipinski definition) is 3. The molecule has 2 N–H and O–H groups in total. The molecule has 4 rings (SSSR count). The SMILES string of the molecule is CC(=O)Nc1cc(-c2[nH]c3c(c2Cc2cccc(F)c2)C(=O)CC(C(C)C)C3)ccn1. The van der Waals surface area contributed by atoms with Crippen molar-refractivity contribution in [2.24, 2.45) is 11.8 Å². The first-order chi connectivity index (χ1) is 14.8. The summed E-state index contributed by atoms with van der Waals surface area (Å²) >= 11 is 0. The Labute approximate surface area is 181 Å². The van der Waals surface area contributed by atoms with Crippen molar-refractivity contribution in [2.75, 3.05) is 5.32 Å². The number of ketones is 1. The number of halogens is 1. The summed E-state index contributed by atoms with van der Waals surface area (Å²) in [5.74, 6) is 0.770. The number of anilines is 1. The monoisotopic (exact) mass is 419 g/mol. The molecule has 1 amide bonds. The molecule has 0 saturated carbocycles. The highest BCUT2D eigenvalue weighted by Gasteiger charge is 2.32. The minimum Gasteiger partial charge on any atom is -0.358 e. The van der Waals surface area contributed by atoms with Crippen molar-refractivity contribution in [3.8, 4) is 11.3 Å². The number of nitrogens with one attached hydrogen (secondary N) is 2. The highest BCUT2D eigenvalue weighted by Crippen LogP contribution is 2.38. The van der Waals surface area contributed by atoms with Gasteiger partial charge in [0, 0.05) is 42.8 Å². The molecular weight excluding hydrogens is 393 g/mol. The zero-order valence-electron chi connectivity index (χ0n) is 18.0. The van der Waals surface area contributed by atoms with E-state index in [-0.39, 0.29) is 17.5 Å². The van der Waals surface area contributed by atoms with Crippen molar-refractivity contribution in [3.63, 3.8) is 0 Å². The van der Waals surface area contributed by atoms with Crippen LogP contribution >= 0.6 is 0 Å². The lowest BCUT2D eigenvalue weighted by atomic mass is 9.79. The van der Waals surface area contributed by atoms with Gasteiger partial charge >= 0.3 is 0 Å². The third-order valence-corrected chi connectivity index (χ3v) is 5.94. The number of aromatic amines is 1. The average molecular weight is 420 g/mol. The number of rotatable bonds is 5. The molecule has 1 atom stereocenters. The van der Waals surface area contributed by atoms with Gasteiger partial charge in [0.1, 0.15) is 11.6 Å². The summed E-state index contributed by atoms with van der Waals surface area (Å²) in [5.41, 5.74) is 4.99. The number of amides is 1. The lowest BCUT2D eigenvalue weighted by Gasteiger charge is -2.25. The fraction of sp³-hybridized carbons (Fsp3) is 0.320. The van der Waals surface area contributed by atoms with Crippen LogP contribution < -0.4 is 5.32 Å². The van der Waals surface area contributed by atoms with Gasteiger partial charge < -0.3 is 10.3 Å². The predicted molar refractivity (Wildman–Crippen MR) is 119 cm³/mol. The molecule has 1 aromatic carbocycles. The summed E-state index contributed by atoms with van der Waals surface area (Å²) < 4.78 is 13.8. The summed E-state index contributed by atoms with van der Waals surface area (Å²) in [6.07, 6.45) is 3.39. The van der Waals surface area contributed by atoms with Crippen LogP contribution in [0.15, 0.2) is 42.6 Å². The molecule has 2 aromatic heterocycles. The van der Waals surface area contributed by atoms with Crippen LogP contribution in [0.5, 0.6) is 0 Å². The summed E-state index contributed by atoms with van der Waals surface area (Å²) in [6, 6.07) is 10.1. The number of fused-ring (bicyclic) bond motifs is 1. The molecule has 0 saturated heterocycles. The number of nitrogens with zero attached hydrogens (tertiary/aromatic N) is 1. The summed E-state index contributed by atoms with van der Waals surface area (Å²) in [7, 11) is 0. The molecule has 0 fully saturated rings. The number of carbonyl (C=O) groups excluding carboxylic acids is 2. The van der Waals surface area contributed by atoms with E-state index in [4.69, 9.17) is 0 Å². The maximum Gasteiger partial charge on any atom is 0.222 e. The Morgan fingerprint density at radius 2 is 2.06 bits per heavy atom. The zero-order chi connectivity index (χ0) is 22.1. The third-order valence-electron chi connectivity index (χ3n) is 5.94. The smallest absolute Gasteiger partial charge is 0.222 e. The Morgan fingerprint density at radius 1 is 1.26 bits per heavy atom. The molecular formula is C25H26FN3O2. The Kier molecular flexibility index (Phi) is 5.72. The summed E-state index contributed by atoms with van der Waals surface area (Å²) in [5, 5.41) is 2.70. The Balaban J connectivity index is 1.83. The van der Waals surface area contributed by atoms with Gasteiger partial charge in [-0.15, -0.1) is 0 Å². The van der Waals surface area contributed by atoms with E-state index in [1.165, 1.54) is 19.1 Å². The Morgan fingerprint density at radius 3 is 2.77 bits per heavy atom. The van der Waals surface area contributed by atoms with E-state index in [2.05, 4.69) is 29.1 Å². The highest BCUT2D eigenvalue weighted by atomic mass is 19.1. The van der Waals surface area contributed by atoms with Gasteiger partial charge in [-0.2, -0.15) is 0 Å². The fourth-order valence-electron chi connectivity index (χ4n) is 4.34. The predicted octanol–water partition coefficient (Wildman–Crippen LogP) is 5.17. The molecule has 31 heavy (non-hydrogen) atoms. The van der Waals surface area contributed by atoms with E-state index in [1.807, 2.05) is 12.1 Å². The minimum absolute atomic E-state index is 0.130. The van der Waals surface area contributed by atoms with Crippen LogP contribution in [-0.2, 0) is 17.6 Å². The number of aromatic nitrogens is 2. The first-order valence-corrected chi connectivity index (χ1v) is 10.6. The van der Waals surface area contributed by atoms with Crippen LogP contribution in [0.4, 0.5) is 10.2 Å². The van der Waals surface area contributed by atoms with Gasteiger partial charge in [0.2, 0.25) is 5.91 Å². The quantitative estimate of drug-likeness (QED) is 0.599. The van der Waals surface area contributed by atoms with E-state index in [0.717, 1.165) is 40.1 Å². The molecule has 0 bridgehead atoms. The molecule has 6 heteroatoms. The first-order valence-electron chi connectivity index (χ1n) is 10.6. The molecule has 1 aliphatic carbocycles. The second kappa shape index (κ2) is 8.46. The van der Waals surface area contributed by atoms with Crippen molar-refractivity contribution in [1.82, 2.24) is 9.97 Å². The zero-order valence-corrected chi connectivity index (χ0v) is 18.0. The molecule has 3 aromatic rings. The van der Waals surface area contributed by atoms with Crippen LogP contribution in [0.2, 0.25) is 0 Å². The van der Waals surface area contributed by atoms with Gasteiger partial charge in [0.25, 0.3) is 0 Å². The molecule has 0 radical (unpaired) electrons. The van der Waals surface area contributed by atoms with Crippen LogP contribution in [0, 0.1) is 17.7 Å². The third kappa shape index (κ3) is 4.43. The van der Waals surface area contributed by atoms with E-state index in [1.54, 1.807) is 18.3 Å². The van der Waals surface area contributed by atoms with E-state index < -0.39 is 0 Å². The molecule has 2 heterocycles. The second-order valence-corrected chi connectivity index (χ2v) is 8.59. The number of hydrogen-bond donors (Lipinski definition) is 2. The number of Topliss-reactive ketones (excluding diaryl/α,β-unsaturated/α-hetero) is 1. The van der Waals surface area contributed by atoms with E-state index >= 15 is 0 Å². The van der Waals surface area contributed by atoms with Crippen molar-refractivity contribution in [2.45, 2.75) is 40.0 Å². The van der Waals surface area contributed by atoms with Gasteiger partial charge in [0.05, 0.1) is 5.69 Å². The van der Waals surface area contributed by atoms with Gasteiger partial charge in [-0.25, -0.2) is 9.37 Å². The number of benzene rings is 1. The first kappa shape index (κ1) is 21.0. The normalized spacial score (nSPS) is 15.8. The molecule has 0 aliphatic heterocycles. The summed E-state index contributed by atoms with van der Waals surface area (Å²) in [4.78, 5) is 32.3. The van der Waals surface area contributed by atoms with Gasteiger partial charge in [-0.1, -0.05) is 26.0 Å². The highest BCUT2D eigenvalue weighted by molar-refractivity contribution is 6.02. The van der Waals surface area contributed by atoms with Crippen LogP contribution in [-0.4, -0.2) is 21.7 Å². The maximum absolute atomic E-state index is 13.8. The molecule has 160 valence electrons. The van der Waals surface area contributed by atoms with Crippen molar-refractivity contribution in [3.05, 3.63) is 70.8 Å². The number of H-pyrrole nitrogens is 1. The van der Waals surface area contributed by atoms with E-state index in [0.29, 0.717) is 30.5 Å². The minimum atomic E-state index is -0.300. The van der Waals surface area contributed by atoms with Gasteiger partial charge in [0.15, 0.2) is 5.78 Å². The van der Waals surface area contributed by atoms with Gasteiger partial charge in [-0.3, -0.25) is 9.59 Å². The lowest BCUT2D eigenvalue weighted by molar-refractivity contribution is -0.114. The number of pyridine rings is 1. The maximum atomic E-state index is 13.8.